The van der Waals surface area contributed by atoms with Crippen LogP contribution in [0.3, 0.4) is 0 Å². The third kappa shape index (κ3) is 3.22. The molecule has 1 heterocycles. The van der Waals surface area contributed by atoms with Crippen LogP contribution in [-0.2, 0) is 16.6 Å². The van der Waals surface area contributed by atoms with Crippen molar-refractivity contribution in [3.8, 4) is 0 Å². The number of benzene rings is 1. The van der Waals surface area contributed by atoms with Crippen molar-refractivity contribution in [3.63, 3.8) is 0 Å². The summed E-state index contributed by atoms with van der Waals surface area (Å²) in [4.78, 5) is -0.468. The smallest absolute Gasteiger partial charge is 0.246 e. The molecule has 0 radical (unpaired) electrons. The zero-order chi connectivity index (χ0) is 15.8. The third-order valence-electron chi connectivity index (χ3n) is 3.66. The molecule has 21 heavy (non-hydrogen) atoms. The Labute approximate surface area is 133 Å². The molecule has 8 heteroatoms. The molecule has 1 aromatic carbocycles. The fraction of sp³-hybridized carbons (Fsp3) is 0.538. The van der Waals surface area contributed by atoms with E-state index < -0.39 is 27.3 Å². The second kappa shape index (κ2) is 6.42. The maximum atomic E-state index is 14.3. The molecule has 1 saturated heterocycles. The first-order valence-corrected chi connectivity index (χ1v) is 9.38. The number of aliphatic hydroxyl groups is 1. The molecule has 4 nitrogen and oxygen atoms in total. The summed E-state index contributed by atoms with van der Waals surface area (Å²) >= 11 is 7.54. The molecule has 2 atom stereocenters. The molecule has 1 aliphatic heterocycles. The standard InChI is InChI=1S/C13H17ClFNO3S2/c1-8-9(2)20-4-3-16(8)21(18,19)12-6-11(14)5-10(7-17)13(12)15/h5-6,8-9,17H,3-4,7H2,1-2H3. The topological polar surface area (TPSA) is 57.6 Å². The Morgan fingerprint density at radius 3 is 2.76 bits per heavy atom. The highest BCUT2D eigenvalue weighted by Crippen LogP contribution is 2.32. The molecule has 1 fully saturated rings. The first kappa shape index (κ1) is 17.0. The zero-order valence-electron chi connectivity index (χ0n) is 11.7. The molecule has 1 aromatic rings. The van der Waals surface area contributed by atoms with Crippen LogP contribution in [0, 0.1) is 5.82 Å². The minimum absolute atomic E-state index is 0.0890. The average molecular weight is 354 g/mol. The summed E-state index contributed by atoms with van der Waals surface area (Å²) in [6.45, 7) is 3.49. The number of hydrogen-bond donors (Lipinski definition) is 1. The first-order chi connectivity index (χ1) is 9.78. The van der Waals surface area contributed by atoms with Crippen molar-refractivity contribution in [2.24, 2.45) is 0 Å². The number of nitrogens with zero attached hydrogens (tertiary/aromatic N) is 1. The number of aliphatic hydroxyl groups excluding tert-OH is 1. The monoisotopic (exact) mass is 353 g/mol. The molecule has 0 saturated carbocycles. The van der Waals surface area contributed by atoms with Gasteiger partial charge in [-0.1, -0.05) is 18.5 Å². The van der Waals surface area contributed by atoms with Crippen molar-refractivity contribution in [1.29, 1.82) is 0 Å². The van der Waals surface area contributed by atoms with E-state index in [1.54, 1.807) is 11.8 Å². The molecule has 1 aliphatic rings. The summed E-state index contributed by atoms with van der Waals surface area (Å²) < 4.78 is 41.0. The summed E-state index contributed by atoms with van der Waals surface area (Å²) in [6.07, 6.45) is 0. The lowest BCUT2D eigenvalue weighted by Gasteiger charge is -2.36. The number of sulfonamides is 1. The van der Waals surface area contributed by atoms with E-state index in [2.05, 4.69) is 0 Å². The van der Waals surface area contributed by atoms with E-state index in [1.165, 1.54) is 10.4 Å². The van der Waals surface area contributed by atoms with Crippen LogP contribution in [0.1, 0.15) is 19.4 Å². The van der Waals surface area contributed by atoms with Gasteiger partial charge in [-0.15, -0.1) is 0 Å². The van der Waals surface area contributed by atoms with Gasteiger partial charge in [-0.25, -0.2) is 12.8 Å². The molecule has 2 rings (SSSR count). The van der Waals surface area contributed by atoms with E-state index in [9.17, 15) is 12.8 Å². The maximum Gasteiger partial charge on any atom is 0.246 e. The highest BCUT2D eigenvalue weighted by Gasteiger charge is 2.37. The Balaban J connectivity index is 2.51. The van der Waals surface area contributed by atoms with Gasteiger partial charge >= 0.3 is 0 Å². The van der Waals surface area contributed by atoms with Crippen molar-refractivity contribution in [3.05, 3.63) is 28.5 Å². The lowest BCUT2D eigenvalue weighted by molar-refractivity contribution is 0.274. The highest BCUT2D eigenvalue weighted by molar-refractivity contribution is 8.00. The van der Waals surface area contributed by atoms with Gasteiger partial charge in [0.05, 0.1) is 6.61 Å². The Hall–Kier alpha value is -0.340. The molecule has 1 N–H and O–H groups in total. The van der Waals surface area contributed by atoms with Gasteiger partial charge in [-0.05, 0) is 19.1 Å². The molecule has 2 unspecified atom stereocenters. The van der Waals surface area contributed by atoms with Gasteiger partial charge in [0.15, 0.2) is 0 Å². The molecule has 0 amide bonds. The summed E-state index contributed by atoms with van der Waals surface area (Å²) in [5.74, 6) is -0.264. The molecule has 0 aromatic heterocycles. The normalized spacial score (nSPS) is 24.2. The predicted molar refractivity (Wildman–Crippen MR) is 82.6 cm³/mol. The van der Waals surface area contributed by atoms with Crippen LogP contribution in [0.25, 0.3) is 0 Å². The molecule has 0 spiro atoms. The van der Waals surface area contributed by atoms with Gasteiger partial charge < -0.3 is 5.11 Å². The van der Waals surface area contributed by atoms with Gasteiger partial charge in [0.2, 0.25) is 10.0 Å². The average Bonchev–Trinajstić information content (AvgIpc) is 2.43. The quantitative estimate of drug-likeness (QED) is 0.907. The van der Waals surface area contributed by atoms with Gasteiger partial charge in [0.1, 0.15) is 10.7 Å². The van der Waals surface area contributed by atoms with Gasteiger partial charge in [0, 0.05) is 34.2 Å². The Kier molecular flexibility index (Phi) is 5.20. The van der Waals surface area contributed by atoms with Crippen molar-refractivity contribution in [2.75, 3.05) is 12.3 Å². The van der Waals surface area contributed by atoms with E-state index in [-0.39, 0.29) is 21.9 Å². The predicted octanol–water partition coefficient (Wildman–Crippen LogP) is 2.49. The van der Waals surface area contributed by atoms with E-state index in [0.717, 1.165) is 6.07 Å². The van der Waals surface area contributed by atoms with Crippen LogP contribution in [-0.4, -0.2) is 41.4 Å². The number of halogens is 2. The van der Waals surface area contributed by atoms with Gasteiger partial charge in [-0.2, -0.15) is 16.1 Å². The number of rotatable bonds is 3. The Bertz CT molecular complexity index is 639. The van der Waals surface area contributed by atoms with E-state index >= 15 is 0 Å². The summed E-state index contributed by atoms with van der Waals surface area (Å²) in [5.41, 5.74) is -0.117. The van der Waals surface area contributed by atoms with Gasteiger partial charge in [0.25, 0.3) is 0 Å². The lowest BCUT2D eigenvalue weighted by Crippen LogP contribution is -2.48. The van der Waals surface area contributed by atoms with Crippen molar-refractivity contribution >= 4 is 33.4 Å². The summed E-state index contributed by atoms with van der Waals surface area (Å²) in [5, 5.41) is 9.35. The lowest BCUT2D eigenvalue weighted by atomic mass is 10.2. The maximum absolute atomic E-state index is 14.3. The first-order valence-electron chi connectivity index (χ1n) is 6.51. The minimum Gasteiger partial charge on any atom is -0.392 e. The van der Waals surface area contributed by atoms with Gasteiger partial charge in [-0.3, -0.25) is 0 Å². The molecule has 118 valence electrons. The largest absolute Gasteiger partial charge is 0.392 e. The van der Waals surface area contributed by atoms with E-state index in [0.29, 0.717) is 12.3 Å². The number of thioether (sulfide) groups is 1. The van der Waals surface area contributed by atoms with Crippen LogP contribution >= 0.6 is 23.4 Å². The minimum atomic E-state index is -3.98. The highest BCUT2D eigenvalue weighted by atomic mass is 35.5. The molecular formula is C13H17ClFNO3S2. The number of hydrogen-bond acceptors (Lipinski definition) is 4. The van der Waals surface area contributed by atoms with Crippen molar-refractivity contribution in [1.82, 2.24) is 4.31 Å². The van der Waals surface area contributed by atoms with Crippen molar-refractivity contribution < 1.29 is 17.9 Å². The fourth-order valence-electron chi connectivity index (χ4n) is 2.29. The van der Waals surface area contributed by atoms with Crippen LogP contribution in [0.15, 0.2) is 17.0 Å². The Morgan fingerprint density at radius 2 is 2.14 bits per heavy atom. The van der Waals surface area contributed by atoms with Crippen LogP contribution in [0.4, 0.5) is 4.39 Å². The van der Waals surface area contributed by atoms with Crippen molar-refractivity contribution in [2.45, 2.75) is 36.6 Å². The third-order valence-corrected chi connectivity index (χ3v) is 7.20. The molecule has 0 aliphatic carbocycles. The summed E-state index contributed by atoms with van der Waals surface area (Å²) in [6, 6.07) is 2.10. The van der Waals surface area contributed by atoms with Crippen LogP contribution in [0.2, 0.25) is 5.02 Å². The fourth-order valence-corrected chi connectivity index (χ4v) is 5.73. The van der Waals surface area contributed by atoms with Crippen LogP contribution in [0.5, 0.6) is 0 Å². The van der Waals surface area contributed by atoms with Crippen LogP contribution < -0.4 is 0 Å². The van der Waals surface area contributed by atoms with E-state index in [4.69, 9.17) is 16.7 Å². The zero-order valence-corrected chi connectivity index (χ0v) is 14.1. The SMILES string of the molecule is CC1SCCN(S(=O)(=O)c2cc(Cl)cc(CO)c2F)C1C. The molecular weight excluding hydrogens is 337 g/mol. The second-order valence-corrected chi connectivity index (χ2v) is 8.75. The van der Waals surface area contributed by atoms with E-state index in [1.807, 2.05) is 13.8 Å². The second-order valence-electron chi connectivity index (χ2n) is 4.97. The Morgan fingerprint density at radius 1 is 1.48 bits per heavy atom. The molecule has 0 bridgehead atoms. The summed E-state index contributed by atoms with van der Waals surface area (Å²) in [7, 11) is -3.98.